The molecular formula is C18H24N2O2S2. The molecule has 6 heteroatoms. The summed E-state index contributed by atoms with van der Waals surface area (Å²) < 4.78 is 7.68. The minimum absolute atomic E-state index is 0.151. The number of ether oxygens (including phenoxy) is 1. The largest absolute Gasteiger partial charge is 0.376 e. The van der Waals surface area contributed by atoms with Crippen LogP contribution in [0.2, 0.25) is 0 Å². The van der Waals surface area contributed by atoms with Gasteiger partial charge in [0.1, 0.15) is 4.83 Å². The van der Waals surface area contributed by atoms with Crippen molar-refractivity contribution >= 4 is 33.3 Å². The molecule has 0 bridgehead atoms. The molecule has 0 spiro atoms. The van der Waals surface area contributed by atoms with E-state index in [1.807, 2.05) is 4.57 Å². The molecule has 1 fully saturated rings. The van der Waals surface area contributed by atoms with Gasteiger partial charge in [0.2, 0.25) is 0 Å². The van der Waals surface area contributed by atoms with Gasteiger partial charge < -0.3 is 4.74 Å². The normalized spacial score (nSPS) is 20.9. The minimum Gasteiger partial charge on any atom is -0.376 e. The second-order valence-electron chi connectivity index (χ2n) is 7.00. The zero-order valence-electron chi connectivity index (χ0n) is 14.3. The predicted molar refractivity (Wildman–Crippen MR) is 100 cm³/mol. The number of aryl methyl sites for hydroxylation is 2. The number of aromatic nitrogens is 2. The molecule has 4 nitrogen and oxygen atoms in total. The average molecular weight is 365 g/mol. The van der Waals surface area contributed by atoms with Crippen LogP contribution in [0, 0.1) is 0 Å². The van der Waals surface area contributed by atoms with Crippen molar-refractivity contribution in [2.75, 3.05) is 6.61 Å². The van der Waals surface area contributed by atoms with Gasteiger partial charge in [0, 0.05) is 16.7 Å². The van der Waals surface area contributed by atoms with Gasteiger partial charge in [-0.2, -0.15) is 0 Å². The lowest BCUT2D eigenvalue weighted by molar-refractivity contribution is 0.0937. The van der Waals surface area contributed by atoms with Gasteiger partial charge >= 0.3 is 0 Å². The maximum Gasteiger partial charge on any atom is 0.263 e. The highest BCUT2D eigenvalue weighted by Gasteiger charge is 2.25. The molecule has 130 valence electrons. The molecule has 0 saturated carbocycles. The number of hydrogen-bond donors (Lipinski definition) is 0. The fourth-order valence-corrected chi connectivity index (χ4v) is 5.83. The second kappa shape index (κ2) is 6.81. The van der Waals surface area contributed by atoms with E-state index in [0.29, 0.717) is 11.8 Å². The van der Waals surface area contributed by atoms with E-state index < -0.39 is 0 Å². The van der Waals surface area contributed by atoms with E-state index in [1.165, 1.54) is 23.3 Å². The quantitative estimate of drug-likeness (QED) is 0.607. The Bertz CT molecular complexity index is 803. The van der Waals surface area contributed by atoms with Crippen LogP contribution in [0.5, 0.6) is 0 Å². The molecule has 4 rings (SSSR count). The van der Waals surface area contributed by atoms with Gasteiger partial charge in [-0.1, -0.05) is 25.6 Å². The van der Waals surface area contributed by atoms with Crippen LogP contribution in [0.25, 0.3) is 10.2 Å². The van der Waals surface area contributed by atoms with Crippen molar-refractivity contribution in [2.45, 2.75) is 75.4 Å². The smallest absolute Gasteiger partial charge is 0.263 e. The molecule has 0 radical (unpaired) electrons. The van der Waals surface area contributed by atoms with Crippen LogP contribution < -0.4 is 5.56 Å². The Labute approximate surface area is 150 Å². The molecule has 2 aromatic heterocycles. The highest BCUT2D eigenvalue weighted by Crippen LogP contribution is 2.35. The third kappa shape index (κ3) is 3.04. The Morgan fingerprint density at radius 3 is 2.92 bits per heavy atom. The number of thiophene rings is 1. The first-order valence-electron chi connectivity index (χ1n) is 8.97. The number of rotatable bonds is 4. The molecule has 1 aliphatic heterocycles. The maximum absolute atomic E-state index is 13.3. The highest BCUT2D eigenvalue weighted by atomic mass is 32.2. The number of hydrogen-bond acceptors (Lipinski definition) is 5. The summed E-state index contributed by atoms with van der Waals surface area (Å²) in [5.74, 6) is 0. The van der Waals surface area contributed by atoms with Gasteiger partial charge in [-0.05, 0) is 44.1 Å². The monoisotopic (exact) mass is 364 g/mol. The van der Waals surface area contributed by atoms with Gasteiger partial charge in [0.25, 0.3) is 5.56 Å². The van der Waals surface area contributed by atoms with Crippen molar-refractivity contribution in [3.05, 3.63) is 20.8 Å². The average Bonchev–Trinajstić information content (AvgIpc) is 3.17. The van der Waals surface area contributed by atoms with Crippen LogP contribution in [0.15, 0.2) is 9.95 Å². The van der Waals surface area contributed by atoms with Gasteiger partial charge in [0.05, 0.1) is 18.0 Å². The van der Waals surface area contributed by atoms with Gasteiger partial charge in [-0.3, -0.25) is 9.36 Å². The molecule has 1 aliphatic carbocycles. The molecule has 0 unspecified atom stereocenters. The van der Waals surface area contributed by atoms with Crippen LogP contribution in [0.4, 0.5) is 0 Å². The summed E-state index contributed by atoms with van der Waals surface area (Å²) in [5, 5.41) is 2.15. The Balaban J connectivity index is 1.85. The summed E-state index contributed by atoms with van der Waals surface area (Å²) in [6, 6.07) is 0. The van der Waals surface area contributed by atoms with Gasteiger partial charge in [0.15, 0.2) is 5.16 Å². The highest BCUT2D eigenvalue weighted by molar-refractivity contribution is 7.99. The molecule has 24 heavy (non-hydrogen) atoms. The van der Waals surface area contributed by atoms with Crippen molar-refractivity contribution in [3.63, 3.8) is 0 Å². The molecule has 1 saturated heterocycles. The van der Waals surface area contributed by atoms with Gasteiger partial charge in [-0.15, -0.1) is 11.3 Å². The van der Waals surface area contributed by atoms with Crippen LogP contribution >= 0.6 is 23.1 Å². The van der Waals surface area contributed by atoms with Crippen molar-refractivity contribution in [2.24, 2.45) is 0 Å². The van der Waals surface area contributed by atoms with Crippen molar-refractivity contribution in [1.29, 1.82) is 0 Å². The molecule has 0 aromatic carbocycles. The number of nitrogens with zero attached hydrogens (tertiary/aromatic N) is 2. The summed E-state index contributed by atoms with van der Waals surface area (Å²) in [6.07, 6.45) is 6.84. The molecule has 0 N–H and O–H groups in total. The Morgan fingerprint density at radius 1 is 1.33 bits per heavy atom. The molecule has 1 atom stereocenters. The first kappa shape index (κ1) is 16.6. The third-order valence-corrected chi connectivity index (χ3v) is 6.97. The van der Waals surface area contributed by atoms with Crippen LogP contribution in [0.3, 0.4) is 0 Å². The van der Waals surface area contributed by atoms with E-state index in [2.05, 4.69) is 13.8 Å². The fourth-order valence-electron chi connectivity index (χ4n) is 3.67. The van der Waals surface area contributed by atoms with Crippen LogP contribution in [0.1, 0.15) is 50.0 Å². The minimum atomic E-state index is 0.151. The maximum atomic E-state index is 13.3. The SMILES string of the molecule is CC(C)Sc1nc2sc3c(c2c(=O)n1C[C@@H]1CCCO1)CCCC3. The Kier molecular flexibility index (Phi) is 4.71. The van der Waals surface area contributed by atoms with Crippen molar-refractivity contribution in [1.82, 2.24) is 9.55 Å². The molecule has 3 heterocycles. The molecule has 2 aromatic rings. The molecule has 2 aliphatic rings. The summed E-state index contributed by atoms with van der Waals surface area (Å²) in [7, 11) is 0. The van der Waals surface area contributed by atoms with E-state index in [-0.39, 0.29) is 11.7 Å². The van der Waals surface area contributed by atoms with Crippen molar-refractivity contribution < 1.29 is 4.74 Å². The fraction of sp³-hybridized carbons (Fsp3) is 0.667. The van der Waals surface area contributed by atoms with Crippen molar-refractivity contribution in [3.8, 4) is 0 Å². The second-order valence-corrected chi connectivity index (χ2v) is 9.63. The summed E-state index contributed by atoms with van der Waals surface area (Å²) >= 11 is 3.42. The zero-order chi connectivity index (χ0) is 16.7. The summed E-state index contributed by atoms with van der Waals surface area (Å²) in [4.78, 5) is 20.6. The standard InChI is InChI=1S/C18H24N2O2S2/c1-11(2)23-18-19-16-15(13-7-3-4-8-14(13)24-16)17(21)20(18)10-12-6-5-9-22-12/h11-12H,3-10H2,1-2H3/t12-/m0/s1. The lowest BCUT2D eigenvalue weighted by atomic mass is 9.97. The Morgan fingerprint density at radius 2 is 2.17 bits per heavy atom. The van der Waals surface area contributed by atoms with E-state index in [4.69, 9.17) is 9.72 Å². The van der Waals surface area contributed by atoms with E-state index in [1.54, 1.807) is 23.1 Å². The van der Waals surface area contributed by atoms with E-state index in [0.717, 1.165) is 47.7 Å². The zero-order valence-corrected chi connectivity index (χ0v) is 16.0. The van der Waals surface area contributed by atoms with Crippen LogP contribution in [-0.2, 0) is 24.1 Å². The predicted octanol–water partition coefficient (Wildman–Crippen LogP) is 4.02. The topological polar surface area (TPSA) is 44.1 Å². The summed E-state index contributed by atoms with van der Waals surface area (Å²) in [5.41, 5.74) is 1.43. The van der Waals surface area contributed by atoms with E-state index >= 15 is 0 Å². The molecular weight excluding hydrogens is 340 g/mol. The lowest BCUT2D eigenvalue weighted by Crippen LogP contribution is -2.29. The first-order chi connectivity index (χ1) is 11.6. The van der Waals surface area contributed by atoms with Crippen LogP contribution in [-0.4, -0.2) is 27.5 Å². The Hall–Kier alpha value is -0.850. The summed E-state index contributed by atoms with van der Waals surface area (Å²) in [6.45, 7) is 5.75. The van der Waals surface area contributed by atoms with E-state index in [9.17, 15) is 4.79 Å². The first-order valence-corrected chi connectivity index (χ1v) is 10.7. The number of fused-ring (bicyclic) bond motifs is 3. The van der Waals surface area contributed by atoms with Gasteiger partial charge in [-0.25, -0.2) is 4.98 Å². The number of thioether (sulfide) groups is 1. The lowest BCUT2D eigenvalue weighted by Gasteiger charge is -2.17. The third-order valence-electron chi connectivity index (χ3n) is 4.79. The molecule has 0 amide bonds.